The molecule has 0 saturated carbocycles. The van der Waals surface area contributed by atoms with Gasteiger partial charge in [-0.1, -0.05) is 0 Å². The van der Waals surface area contributed by atoms with Gasteiger partial charge in [-0.2, -0.15) is 4.31 Å². The molecule has 0 bridgehead atoms. The number of amides is 2. The summed E-state index contributed by atoms with van der Waals surface area (Å²) in [5.41, 5.74) is 5.41. The fraction of sp³-hybridized carbons (Fsp3) is 0.467. The smallest absolute Gasteiger partial charge is 0.256 e. The molecule has 1 aliphatic heterocycles. The first kappa shape index (κ1) is 18.2. The van der Waals surface area contributed by atoms with Crippen molar-refractivity contribution in [2.24, 2.45) is 5.73 Å². The topological polar surface area (TPSA) is 110 Å². The van der Waals surface area contributed by atoms with Crippen molar-refractivity contribution in [3.05, 3.63) is 24.3 Å². The van der Waals surface area contributed by atoms with Crippen LogP contribution in [-0.4, -0.2) is 55.3 Å². The number of carbonyl (C=O) groups is 2. The predicted molar refractivity (Wildman–Crippen MR) is 86.5 cm³/mol. The summed E-state index contributed by atoms with van der Waals surface area (Å²) >= 11 is 0. The summed E-state index contributed by atoms with van der Waals surface area (Å²) in [6.07, 6.45) is -1.34. The van der Waals surface area contributed by atoms with Gasteiger partial charge in [0.1, 0.15) is 5.75 Å². The van der Waals surface area contributed by atoms with Crippen LogP contribution in [0.5, 0.6) is 5.75 Å². The number of methoxy groups -OCH3 is 1. The van der Waals surface area contributed by atoms with Crippen molar-refractivity contribution in [1.29, 1.82) is 0 Å². The van der Waals surface area contributed by atoms with E-state index in [9.17, 15) is 18.0 Å². The molecule has 0 aromatic heterocycles. The molecule has 1 aliphatic rings. The second-order valence-corrected chi connectivity index (χ2v) is 7.60. The van der Waals surface area contributed by atoms with Gasteiger partial charge in [0.15, 0.2) is 6.17 Å². The van der Waals surface area contributed by atoms with Crippen molar-refractivity contribution < 1.29 is 22.7 Å². The van der Waals surface area contributed by atoms with Gasteiger partial charge in [0, 0.05) is 19.0 Å². The largest absolute Gasteiger partial charge is 0.497 e. The Morgan fingerprint density at radius 3 is 2.33 bits per heavy atom. The average molecular weight is 355 g/mol. The number of benzene rings is 1. The van der Waals surface area contributed by atoms with Gasteiger partial charge in [-0.15, -0.1) is 0 Å². The lowest BCUT2D eigenvalue weighted by Gasteiger charge is -2.42. The second-order valence-electron chi connectivity index (χ2n) is 5.71. The third kappa shape index (κ3) is 3.22. The first-order valence-electron chi connectivity index (χ1n) is 7.46. The first-order chi connectivity index (χ1) is 11.2. The molecule has 1 atom stereocenters. The van der Waals surface area contributed by atoms with Crippen LogP contribution < -0.4 is 10.5 Å². The molecule has 1 fully saturated rings. The summed E-state index contributed by atoms with van der Waals surface area (Å²) in [5.74, 6) is -0.665. The summed E-state index contributed by atoms with van der Waals surface area (Å²) in [5, 5.41) is 0. The van der Waals surface area contributed by atoms with E-state index in [4.69, 9.17) is 10.5 Å². The Morgan fingerprint density at radius 2 is 1.88 bits per heavy atom. The molecule has 1 aromatic rings. The normalized spacial score (nSPS) is 19.6. The lowest BCUT2D eigenvalue weighted by atomic mass is 10.2. The summed E-state index contributed by atoms with van der Waals surface area (Å²) in [6, 6.07) is 5.46. The van der Waals surface area contributed by atoms with Crippen molar-refractivity contribution in [1.82, 2.24) is 9.21 Å². The number of nitrogens with two attached hydrogens (primary N) is 1. The van der Waals surface area contributed by atoms with Crippen LogP contribution in [0.4, 0.5) is 0 Å². The minimum Gasteiger partial charge on any atom is -0.497 e. The maximum Gasteiger partial charge on any atom is 0.256 e. The molecule has 2 N–H and O–H groups in total. The number of primary amides is 1. The summed E-state index contributed by atoms with van der Waals surface area (Å²) < 4.78 is 31.8. The highest BCUT2D eigenvalue weighted by Gasteiger charge is 2.45. The van der Waals surface area contributed by atoms with Crippen LogP contribution in [0.2, 0.25) is 0 Å². The van der Waals surface area contributed by atoms with Crippen molar-refractivity contribution in [3.63, 3.8) is 0 Å². The van der Waals surface area contributed by atoms with E-state index < -0.39 is 22.1 Å². The zero-order chi connectivity index (χ0) is 18.1. The van der Waals surface area contributed by atoms with Crippen LogP contribution in [0.3, 0.4) is 0 Å². The molecule has 1 saturated heterocycles. The standard InChI is InChI=1S/C15H21N3O5S/c1-10(2)18-13(19)8-9-17(15(18)14(16)20)24(21,22)12-6-4-11(23-3)5-7-12/h4-7,10,15H,8-9H2,1-3H3,(H2,16,20)/t15-/m0/s1. The van der Waals surface area contributed by atoms with Gasteiger partial charge in [0.25, 0.3) is 5.91 Å². The van der Waals surface area contributed by atoms with Crippen molar-refractivity contribution in [2.75, 3.05) is 13.7 Å². The number of rotatable bonds is 5. The van der Waals surface area contributed by atoms with Crippen LogP contribution in [0.15, 0.2) is 29.2 Å². The molecule has 0 aliphatic carbocycles. The number of carbonyl (C=O) groups excluding carboxylic acids is 2. The first-order valence-corrected chi connectivity index (χ1v) is 8.90. The van der Waals surface area contributed by atoms with Crippen molar-refractivity contribution in [2.45, 2.75) is 37.4 Å². The number of ether oxygens (including phenoxy) is 1. The Labute approximate surface area is 141 Å². The van der Waals surface area contributed by atoms with E-state index in [0.717, 1.165) is 4.31 Å². The molecule has 9 heteroatoms. The Morgan fingerprint density at radius 1 is 1.29 bits per heavy atom. The molecular weight excluding hydrogens is 334 g/mol. The highest BCUT2D eigenvalue weighted by atomic mass is 32.2. The Hall–Kier alpha value is -2.13. The van der Waals surface area contributed by atoms with Crippen LogP contribution in [0.25, 0.3) is 0 Å². The van der Waals surface area contributed by atoms with E-state index in [-0.39, 0.29) is 29.8 Å². The number of sulfonamides is 1. The molecule has 1 heterocycles. The van der Waals surface area contributed by atoms with Gasteiger partial charge in [-0.3, -0.25) is 9.59 Å². The maximum absolute atomic E-state index is 12.9. The molecule has 0 unspecified atom stereocenters. The van der Waals surface area contributed by atoms with Gasteiger partial charge in [0.2, 0.25) is 15.9 Å². The fourth-order valence-electron chi connectivity index (χ4n) is 2.72. The monoisotopic (exact) mass is 355 g/mol. The van der Waals surface area contributed by atoms with E-state index in [1.54, 1.807) is 13.8 Å². The van der Waals surface area contributed by atoms with Crippen LogP contribution >= 0.6 is 0 Å². The van der Waals surface area contributed by atoms with Crippen LogP contribution in [0.1, 0.15) is 20.3 Å². The van der Waals surface area contributed by atoms with Crippen molar-refractivity contribution >= 4 is 21.8 Å². The molecule has 24 heavy (non-hydrogen) atoms. The van der Waals surface area contributed by atoms with E-state index in [1.165, 1.54) is 36.3 Å². The minimum atomic E-state index is -3.99. The van der Waals surface area contributed by atoms with Gasteiger partial charge >= 0.3 is 0 Å². The highest BCUT2D eigenvalue weighted by molar-refractivity contribution is 7.89. The summed E-state index contributed by atoms with van der Waals surface area (Å²) in [7, 11) is -2.51. The van der Waals surface area contributed by atoms with Gasteiger partial charge in [-0.25, -0.2) is 8.42 Å². The van der Waals surface area contributed by atoms with E-state index >= 15 is 0 Å². The Bertz CT molecular complexity index is 730. The molecule has 0 spiro atoms. The molecule has 132 valence electrons. The molecule has 2 amide bonds. The van der Waals surface area contributed by atoms with E-state index in [0.29, 0.717) is 5.75 Å². The molecule has 0 radical (unpaired) electrons. The van der Waals surface area contributed by atoms with E-state index in [1.807, 2.05) is 0 Å². The maximum atomic E-state index is 12.9. The fourth-order valence-corrected chi connectivity index (χ4v) is 4.27. The van der Waals surface area contributed by atoms with Crippen LogP contribution in [0, 0.1) is 0 Å². The van der Waals surface area contributed by atoms with Crippen molar-refractivity contribution in [3.8, 4) is 5.75 Å². The number of nitrogens with zero attached hydrogens (tertiary/aromatic N) is 2. The number of hydrogen-bond donors (Lipinski definition) is 1. The van der Waals surface area contributed by atoms with Crippen LogP contribution in [-0.2, 0) is 19.6 Å². The van der Waals surface area contributed by atoms with Gasteiger partial charge in [-0.05, 0) is 38.1 Å². The van der Waals surface area contributed by atoms with Gasteiger partial charge < -0.3 is 15.4 Å². The predicted octanol–water partition coefficient (Wildman–Crippen LogP) is 0.138. The third-order valence-electron chi connectivity index (χ3n) is 3.85. The molecular formula is C15H21N3O5S. The third-order valence-corrected chi connectivity index (χ3v) is 5.71. The second kappa shape index (κ2) is 6.78. The number of hydrogen-bond acceptors (Lipinski definition) is 5. The minimum absolute atomic E-state index is 0.00263. The quantitative estimate of drug-likeness (QED) is 0.808. The summed E-state index contributed by atoms with van der Waals surface area (Å²) in [6.45, 7) is 3.32. The lowest BCUT2D eigenvalue weighted by molar-refractivity contribution is -0.150. The summed E-state index contributed by atoms with van der Waals surface area (Å²) in [4.78, 5) is 25.3. The average Bonchev–Trinajstić information content (AvgIpc) is 2.53. The Balaban J connectivity index is 2.46. The molecule has 1 aromatic carbocycles. The zero-order valence-electron chi connectivity index (χ0n) is 13.8. The SMILES string of the molecule is COc1ccc(S(=O)(=O)N2CCC(=O)N(C(C)C)[C@H]2C(N)=O)cc1. The van der Waals surface area contributed by atoms with E-state index in [2.05, 4.69) is 0 Å². The molecule has 8 nitrogen and oxygen atoms in total. The highest BCUT2D eigenvalue weighted by Crippen LogP contribution is 2.27. The Kier molecular flexibility index (Phi) is 5.14. The zero-order valence-corrected chi connectivity index (χ0v) is 14.6. The molecule has 2 rings (SSSR count). The van der Waals surface area contributed by atoms with Gasteiger partial charge in [0.05, 0.1) is 12.0 Å². The lowest BCUT2D eigenvalue weighted by Crippen LogP contribution is -2.64.